The highest BCUT2D eigenvalue weighted by Crippen LogP contribution is 2.27. The average molecular weight is 436 g/mol. The molecule has 1 aromatic heterocycles. The van der Waals surface area contributed by atoms with Crippen LogP contribution in [-0.2, 0) is 4.79 Å². The first-order valence-corrected chi connectivity index (χ1v) is 10.7. The number of aryl methyl sites for hydroxylation is 2. The molecule has 4 rings (SSSR count). The van der Waals surface area contributed by atoms with E-state index in [0.29, 0.717) is 28.4 Å². The van der Waals surface area contributed by atoms with Gasteiger partial charge in [0.25, 0.3) is 5.91 Å². The van der Waals surface area contributed by atoms with Gasteiger partial charge in [-0.1, -0.05) is 24.3 Å². The number of carbonyl (C=O) groups excluding carboxylic acids is 2. The van der Waals surface area contributed by atoms with E-state index >= 15 is 0 Å². The number of hydrogen-bond donors (Lipinski definition) is 3. The number of benzene rings is 2. The third kappa shape index (κ3) is 5.58. The molecule has 3 N–H and O–H groups in total. The normalized spacial score (nSPS) is 11.7. The van der Waals surface area contributed by atoms with Crippen molar-refractivity contribution in [2.75, 3.05) is 10.6 Å². The summed E-state index contributed by atoms with van der Waals surface area (Å²) in [5.74, 6) is 0.0982. The maximum absolute atomic E-state index is 12.1. The summed E-state index contributed by atoms with van der Waals surface area (Å²) in [6.07, 6.45) is 8.88. The molecule has 0 radical (unpaired) electrons. The smallest absolute Gasteiger partial charge is 0.257 e. The van der Waals surface area contributed by atoms with Gasteiger partial charge in [0, 0.05) is 22.2 Å². The maximum atomic E-state index is 12.1. The Bertz CT molecular complexity index is 1230. The van der Waals surface area contributed by atoms with E-state index in [1.807, 2.05) is 32.0 Å². The molecule has 0 spiro atoms. The summed E-state index contributed by atoms with van der Waals surface area (Å²) in [5.41, 5.74) is 3.00. The third-order valence-corrected chi connectivity index (χ3v) is 5.76. The number of fused-ring (bicyclic) bond motifs is 1. The van der Waals surface area contributed by atoms with Gasteiger partial charge in [0.15, 0.2) is 5.13 Å². The second kappa shape index (κ2) is 10.0. The van der Waals surface area contributed by atoms with Crippen LogP contribution in [0.3, 0.4) is 0 Å². The lowest BCUT2D eigenvalue weighted by Gasteiger charge is -2.08. The number of phenolic OH excluding ortho intramolecular Hbond substituents is 1. The maximum Gasteiger partial charge on any atom is 0.257 e. The molecule has 0 saturated carbocycles. The fourth-order valence-corrected chi connectivity index (χ4v) is 3.91. The number of aromatic nitrogens is 1. The van der Waals surface area contributed by atoms with Gasteiger partial charge in [-0.25, -0.2) is 4.98 Å². The highest BCUT2D eigenvalue weighted by molar-refractivity contribution is 7.15. The predicted octanol–water partition coefficient (Wildman–Crippen LogP) is 3.64. The average Bonchev–Trinajstić information content (AvgIpc) is 3.18. The van der Waals surface area contributed by atoms with Gasteiger partial charge >= 0.3 is 0 Å². The molecule has 6 nitrogen and oxygen atoms in total. The zero-order valence-electron chi connectivity index (χ0n) is 17.7. The number of rotatable bonds is 4. The molecular formula is C24H25N3O3S. The summed E-state index contributed by atoms with van der Waals surface area (Å²) >= 11 is 1.48. The van der Waals surface area contributed by atoms with Crippen molar-refractivity contribution in [1.82, 2.24) is 4.98 Å². The van der Waals surface area contributed by atoms with Crippen molar-refractivity contribution in [1.29, 1.82) is 0 Å². The van der Waals surface area contributed by atoms with Crippen molar-refractivity contribution >= 4 is 46.6 Å². The van der Waals surface area contributed by atoms with Gasteiger partial charge in [0.1, 0.15) is 5.75 Å². The number of anilines is 2. The van der Waals surface area contributed by atoms with E-state index in [-0.39, 0.29) is 11.7 Å². The van der Waals surface area contributed by atoms with Crippen LogP contribution >= 0.6 is 11.3 Å². The van der Waals surface area contributed by atoms with Crippen LogP contribution in [0, 0.1) is 20.8 Å². The Kier molecular flexibility index (Phi) is 7.20. The lowest BCUT2D eigenvalue weighted by molar-refractivity contribution is -0.105. The molecular weight excluding hydrogens is 410 g/mol. The monoisotopic (exact) mass is 435 g/mol. The summed E-state index contributed by atoms with van der Waals surface area (Å²) in [7, 11) is 0. The zero-order chi connectivity index (χ0) is 22.4. The zero-order valence-corrected chi connectivity index (χ0v) is 18.5. The van der Waals surface area contributed by atoms with Crippen molar-refractivity contribution in [3.05, 3.63) is 68.5 Å². The van der Waals surface area contributed by atoms with Gasteiger partial charge in [-0.15, -0.1) is 11.3 Å². The van der Waals surface area contributed by atoms with Crippen LogP contribution in [0.25, 0.3) is 12.2 Å². The summed E-state index contributed by atoms with van der Waals surface area (Å²) in [4.78, 5) is 27.6. The van der Waals surface area contributed by atoms with Crippen molar-refractivity contribution in [3.8, 4) is 5.75 Å². The van der Waals surface area contributed by atoms with E-state index in [1.165, 1.54) is 16.6 Å². The summed E-state index contributed by atoms with van der Waals surface area (Å²) in [6, 6.07) is 9.19. The fourth-order valence-electron chi connectivity index (χ4n) is 3.26. The Labute approximate surface area is 185 Å². The molecule has 0 aliphatic heterocycles. The molecule has 2 aromatic carbocycles. The van der Waals surface area contributed by atoms with Crippen LogP contribution in [0.15, 0.2) is 36.5 Å². The van der Waals surface area contributed by atoms with Gasteiger partial charge in [0.05, 0.1) is 5.69 Å². The van der Waals surface area contributed by atoms with Crippen molar-refractivity contribution in [2.24, 2.45) is 0 Å². The van der Waals surface area contributed by atoms with Crippen LogP contribution in [0.4, 0.5) is 10.8 Å². The Morgan fingerprint density at radius 2 is 1.84 bits per heavy atom. The molecule has 31 heavy (non-hydrogen) atoms. The molecule has 0 bridgehead atoms. The molecule has 0 unspecified atom stereocenters. The topological polar surface area (TPSA) is 91.3 Å². The largest absolute Gasteiger partial charge is 0.508 e. The van der Waals surface area contributed by atoms with Gasteiger partial charge < -0.3 is 10.4 Å². The van der Waals surface area contributed by atoms with Crippen LogP contribution in [-0.4, -0.2) is 22.4 Å². The fraction of sp³-hybridized carbons (Fsp3) is 0.208. The summed E-state index contributed by atoms with van der Waals surface area (Å²) in [5, 5.41) is 17.7. The minimum atomic E-state index is -0.101. The minimum Gasteiger partial charge on any atom is -0.508 e. The number of hydrogen-bond acceptors (Lipinski definition) is 5. The quantitative estimate of drug-likeness (QED) is 0.546. The third-order valence-electron chi connectivity index (χ3n) is 4.93. The number of nitrogens with one attached hydrogen (secondary N) is 2. The molecule has 0 atom stereocenters. The number of thiazole rings is 1. The standard InChI is InChI=1S/C15H14N2OS.C9H11NO2/c1-10-9-16-15(19-10)17-14(18)13-7-6-11-4-2-3-5-12(11)8-13;1-6-3-4-8(12)7(2)9(6)10-5-11/h4-9H,2-3H2,1H3,(H,16,17,18);3-5,12H,1-2H3,(H,10,11). The SMILES string of the molecule is Cc1ccc(O)c(C)c1NC=O.Cc1cnc(NC(=O)c2ccc3c(c2)=CCCC=3)s1. The van der Waals surface area contributed by atoms with E-state index in [0.717, 1.165) is 28.5 Å². The minimum absolute atomic E-state index is 0.101. The number of nitrogens with zero attached hydrogens (tertiary/aromatic N) is 1. The van der Waals surface area contributed by atoms with Gasteiger partial charge in [0.2, 0.25) is 6.41 Å². The van der Waals surface area contributed by atoms with E-state index in [4.69, 9.17) is 0 Å². The van der Waals surface area contributed by atoms with Crippen molar-refractivity contribution in [3.63, 3.8) is 0 Å². The first-order valence-electron chi connectivity index (χ1n) is 9.92. The van der Waals surface area contributed by atoms with E-state index in [2.05, 4.69) is 27.8 Å². The Morgan fingerprint density at radius 3 is 2.52 bits per heavy atom. The van der Waals surface area contributed by atoms with Gasteiger partial charge in [-0.05, 0) is 67.8 Å². The second-order valence-corrected chi connectivity index (χ2v) is 8.46. The van der Waals surface area contributed by atoms with Crippen molar-refractivity contribution in [2.45, 2.75) is 33.6 Å². The molecule has 1 aliphatic carbocycles. The Morgan fingerprint density at radius 1 is 1.10 bits per heavy atom. The van der Waals surface area contributed by atoms with Crippen LogP contribution < -0.4 is 21.1 Å². The van der Waals surface area contributed by atoms with Crippen molar-refractivity contribution < 1.29 is 14.7 Å². The van der Waals surface area contributed by atoms with E-state index < -0.39 is 0 Å². The molecule has 1 heterocycles. The molecule has 2 amide bonds. The molecule has 160 valence electrons. The molecule has 0 saturated heterocycles. The number of phenols is 1. The first-order chi connectivity index (χ1) is 14.9. The lowest BCUT2D eigenvalue weighted by Crippen LogP contribution is -2.28. The highest BCUT2D eigenvalue weighted by Gasteiger charge is 2.09. The van der Waals surface area contributed by atoms with Crippen LogP contribution in [0.5, 0.6) is 5.75 Å². The van der Waals surface area contributed by atoms with Gasteiger partial charge in [-0.2, -0.15) is 0 Å². The number of amides is 2. The Hall–Kier alpha value is -3.45. The van der Waals surface area contributed by atoms with Crippen LogP contribution in [0.1, 0.15) is 39.2 Å². The lowest BCUT2D eigenvalue weighted by atomic mass is 10.1. The summed E-state index contributed by atoms with van der Waals surface area (Å²) < 4.78 is 0. The molecule has 7 heteroatoms. The molecule has 3 aromatic rings. The number of carbonyl (C=O) groups is 2. The first kappa shape index (κ1) is 22.2. The molecule has 0 fully saturated rings. The molecule has 1 aliphatic rings. The highest BCUT2D eigenvalue weighted by atomic mass is 32.1. The predicted molar refractivity (Wildman–Crippen MR) is 126 cm³/mol. The van der Waals surface area contributed by atoms with Crippen LogP contribution in [0.2, 0.25) is 0 Å². The Balaban J connectivity index is 0.000000196. The number of aromatic hydroxyl groups is 1. The van der Waals surface area contributed by atoms with Gasteiger partial charge in [-0.3, -0.25) is 14.9 Å². The van der Waals surface area contributed by atoms with E-state index in [9.17, 15) is 14.7 Å². The summed E-state index contributed by atoms with van der Waals surface area (Å²) in [6.45, 7) is 5.60. The second-order valence-electron chi connectivity index (χ2n) is 7.22. The van der Waals surface area contributed by atoms with E-state index in [1.54, 1.807) is 25.3 Å².